The van der Waals surface area contributed by atoms with Crippen LogP contribution in [0.1, 0.15) is 43.1 Å². The third kappa shape index (κ3) is 6.58. The Morgan fingerprint density at radius 2 is 1.85 bits per heavy atom. The molecule has 0 bridgehead atoms. The van der Waals surface area contributed by atoms with Crippen molar-refractivity contribution in [1.82, 2.24) is 19.2 Å². The molecule has 1 aromatic carbocycles. The molecule has 0 unspecified atom stereocenters. The summed E-state index contributed by atoms with van der Waals surface area (Å²) in [6.45, 7) is 5.39. The number of nitrogens with zero attached hydrogens (tertiary/aromatic N) is 4. The lowest BCUT2D eigenvalue weighted by molar-refractivity contribution is -0.137. The van der Waals surface area contributed by atoms with Crippen molar-refractivity contribution in [1.29, 1.82) is 0 Å². The number of furan rings is 1. The fourth-order valence-electron chi connectivity index (χ4n) is 4.91. The lowest BCUT2D eigenvalue weighted by atomic mass is 10.1. The summed E-state index contributed by atoms with van der Waals surface area (Å²) in [4.78, 5) is 10.4. The molecule has 0 saturated carbocycles. The van der Waals surface area contributed by atoms with Gasteiger partial charge in [-0.05, 0) is 75.2 Å². The highest BCUT2D eigenvalue weighted by molar-refractivity contribution is 7.89. The summed E-state index contributed by atoms with van der Waals surface area (Å²) in [5, 5.41) is 2.94. The van der Waals surface area contributed by atoms with E-state index in [1.807, 2.05) is 0 Å². The van der Waals surface area contributed by atoms with Crippen LogP contribution in [0.3, 0.4) is 0 Å². The number of benzene rings is 1. The molecule has 0 radical (unpaired) electrons. The number of nitrogens with one attached hydrogen (secondary N) is 1. The number of anilines is 2. The molecule has 0 atom stereocenters. The maximum Gasteiger partial charge on any atom is 0.420 e. The van der Waals surface area contributed by atoms with Crippen LogP contribution in [-0.2, 0) is 29.2 Å². The van der Waals surface area contributed by atoms with Crippen LogP contribution in [-0.4, -0.2) is 66.1 Å². The smallest absolute Gasteiger partial charge is 0.420 e. The molecule has 0 amide bonds. The minimum atomic E-state index is -4.72. The topological polar surface area (TPSA) is 101 Å². The number of rotatable bonds is 9. The number of aromatic nitrogens is 2. The molecule has 9 nitrogen and oxygen atoms in total. The average Bonchev–Trinajstić information content (AvgIpc) is 3.38. The number of likely N-dealkylation sites (tertiary alicyclic amines) is 1. The zero-order chi connectivity index (χ0) is 28.3. The molecule has 1 fully saturated rings. The predicted molar refractivity (Wildman–Crippen MR) is 144 cm³/mol. The maximum atomic E-state index is 13.9. The van der Waals surface area contributed by atoms with Crippen LogP contribution in [0.4, 0.5) is 24.8 Å². The van der Waals surface area contributed by atoms with Gasteiger partial charge in [0.1, 0.15) is 29.4 Å². The van der Waals surface area contributed by atoms with E-state index in [0.29, 0.717) is 35.8 Å². The number of piperidine rings is 1. The standard InChI is InChI=1S/C27H32F3N5O4S/c1-2-40(36,37)35-13-10-19-16-23(39-24(19)18-35)25-22(27(28,29)30)17-31-26(33-25)32-20-6-8-21(9-7-20)38-15-14-34-11-4-3-5-12-34/h6-9,16-17H,2-5,10-15,18H2,1H3,(H,31,32,33). The average molecular weight is 580 g/mol. The van der Waals surface area contributed by atoms with Gasteiger partial charge in [0.25, 0.3) is 0 Å². The highest BCUT2D eigenvalue weighted by Gasteiger charge is 2.37. The first-order valence-electron chi connectivity index (χ1n) is 13.4. The molecular formula is C27H32F3N5O4S. The van der Waals surface area contributed by atoms with Crippen LogP contribution < -0.4 is 10.1 Å². The van der Waals surface area contributed by atoms with E-state index >= 15 is 0 Å². The highest BCUT2D eigenvalue weighted by atomic mass is 32.2. The lowest BCUT2D eigenvalue weighted by Gasteiger charge is -2.26. The summed E-state index contributed by atoms with van der Waals surface area (Å²) in [6.07, 6.45) is 0.0618. The molecule has 0 spiro atoms. The van der Waals surface area contributed by atoms with E-state index in [-0.39, 0.29) is 30.6 Å². The fourth-order valence-corrected chi connectivity index (χ4v) is 5.96. The van der Waals surface area contributed by atoms with Gasteiger partial charge in [-0.1, -0.05) is 6.42 Å². The van der Waals surface area contributed by atoms with Gasteiger partial charge in [-0.3, -0.25) is 4.90 Å². The molecular weight excluding hydrogens is 547 g/mol. The molecule has 5 rings (SSSR count). The summed E-state index contributed by atoms with van der Waals surface area (Å²) in [6, 6.07) is 8.54. The van der Waals surface area contributed by atoms with Crippen molar-refractivity contribution >= 4 is 21.7 Å². The first-order valence-corrected chi connectivity index (χ1v) is 15.0. The van der Waals surface area contributed by atoms with Crippen molar-refractivity contribution in [2.45, 2.75) is 45.3 Å². The molecule has 2 aliphatic heterocycles. The minimum Gasteiger partial charge on any atom is -0.492 e. The number of alkyl halides is 3. The largest absolute Gasteiger partial charge is 0.492 e. The molecule has 40 heavy (non-hydrogen) atoms. The SMILES string of the molecule is CCS(=O)(=O)N1CCc2cc(-c3nc(Nc4ccc(OCCN5CCCCC5)cc4)ncc3C(F)(F)F)oc2C1. The van der Waals surface area contributed by atoms with E-state index in [1.54, 1.807) is 31.2 Å². The second-order valence-corrected chi connectivity index (χ2v) is 12.2. The van der Waals surface area contributed by atoms with Gasteiger partial charge in [0.15, 0.2) is 5.76 Å². The summed E-state index contributed by atoms with van der Waals surface area (Å²) in [5.74, 6) is 0.815. The van der Waals surface area contributed by atoms with Crippen LogP contribution in [0.5, 0.6) is 5.75 Å². The zero-order valence-corrected chi connectivity index (χ0v) is 23.0. The molecule has 4 heterocycles. The Bertz CT molecular complexity index is 1420. The highest BCUT2D eigenvalue weighted by Crippen LogP contribution is 2.38. The van der Waals surface area contributed by atoms with Crippen molar-refractivity contribution in [3.05, 3.63) is 53.4 Å². The van der Waals surface area contributed by atoms with E-state index in [9.17, 15) is 21.6 Å². The van der Waals surface area contributed by atoms with E-state index in [0.717, 1.165) is 25.8 Å². The quantitative estimate of drug-likeness (QED) is 0.375. The Morgan fingerprint density at radius 3 is 2.55 bits per heavy atom. The zero-order valence-electron chi connectivity index (χ0n) is 22.2. The Labute approximate surface area is 231 Å². The second-order valence-electron chi connectivity index (χ2n) is 9.90. The molecule has 13 heteroatoms. The molecule has 1 N–H and O–H groups in total. The third-order valence-electron chi connectivity index (χ3n) is 7.17. The summed E-state index contributed by atoms with van der Waals surface area (Å²) in [5.41, 5.74) is -0.218. The van der Waals surface area contributed by atoms with Gasteiger partial charge in [-0.15, -0.1) is 0 Å². The number of ether oxygens (including phenoxy) is 1. The number of halogens is 3. The Morgan fingerprint density at radius 1 is 1.10 bits per heavy atom. The molecule has 216 valence electrons. The number of hydrogen-bond donors (Lipinski definition) is 1. The van der Waals surface area contributed by atoms with Gasteiger partial charge in [-0.2, -0.15) is 17.5 Å². The van der Waals surface area contributed by atoms with Crippen molar-refractivity contribution in [2.75, 3.05) is 43.9 Å². The van der Waals surface area contributed by atoms with Gasteiger partial charge >= 0.3 is 6.18 Å². The second kappa shape index (κ2) is 11.8. The monoisotopic (exact) mass is 579 g/mol. The van der Waals surface area contributed by atoms with E-state index in [1.165, 1.54) is 29.6 Å². The normalized spacial score (nSPS) is 17.0. The van der Waals surface area contributed by atoms with Crippen molar-refractivity contribution in [2.24, 2.45) is 0 Å². The molecule has 0 aliphatic carbocycles. The molecule has 3 aromatic rings. The summed E-state index contributed by atoms with van der Waals surface area (Å²) < 4.78 is 79.0. The minimum absolute atomic E-state index is 0.0322. The van der Waals surface area contributed by atoms with Gasteiger partial charge in [0.2, 0.25) is 16.0 Å². The Hall–Kier alpha value is -3.16. The van der Waals surface area contributed by atoms with E-state index < -0.39 is 27.5 Å². The Balaban J connectivity index is 1.31. The molecule has 2 aromatic heterocycles. The molecule has 2 aliphatic rings. The van der Waals surface area contributed by atoms with Crippen LogP contribution in [0, 0.1) is 0 Å². The lowest BCUT2D eigenvalue weighted by Crippen LogP contribution is -2.36. The maximum absolute atomic E-state index is 13.9. The number of hydrogen-bond acceptors (Lipinski definition) is 8. The first-order chi connectivity index (χ1) is 19.1. The van der Waals surface area contributed by atoms with Gasteiger partial charge in [0, 0.05) is 25.0 Å². The van der Waals surface area contributed by atoms with Crippen LogP contribution in [0.2, 0.25) is 0 Å². The Kier molecular flexibility index (Phi) is 8.34. The van der Waals surface area contributed by atoms with Gasteiger partial charge in [0.05, 0.1) is 12.3 Å². The van der Waals surface area contributed by atoms with Crippen molar-refractivity contribution < 1.29 is 30.7 Å². The summed E-state index contributed by atoms with van der Waals surface area (Å²) in [7, 11) is -3.46. The predicted octanol–water partition coefficient (Wildman–Crippen LogP) is 5.07. The fraction of sp³-hybridized carbons (Fsp3) is 0.481. The van der Waals surface area contributed by atoms with Gasteiger partial charge < -0.3 is 14.5 Å². The van der Waals surface area contributed by atoms with E-state index in [4.69, 9.17) is 9.15 Å². The third-order valence-corrected chi connectivity index (χ3v) is 9.00. The van der Waals surface area contributed by atoms with Gasteiger partial charge in [-0.25, -0.2) is 18.4 Å². The van der Waals surface area contributed by atoms with Crippen LogP contribution >= 0.6 is 0 Å². The summed E-state index contributed by atoms with van der Waals surface area (Å²) >= 11 is 0. The van der Waals surface area contributed by atoms with E-state index in [2.05, 4.69) is 20.2 Å². The molecule has 1 saturated heterocycles. The first kappa shape index (κ1) is 28.4. The van der Waals surface area contributed by atoms with Crippen molar-refractivity contribution in [3.63, 3.8) is 0 Å². The van der Waals surface area contributed by atoms with Crippen LogP contribution in [0.15, 0.2) is 40.9 Å². The van der Waals surface area contributed by atoms with Crippen LogP contribution in [0.25, 0.3) is 11.5 Å². The van der Waals surface area contributed by atoms with Crippen molar-refractivity contribution in [3.8, 4) is 17.2 Å². The number of fused-ring (bicyclic) bond motifs is 1. The number of sulfonamides is 1.